The van der Waals surface area contributed by atoms with Crippen molar-refractivity contribution >= 4 is 17.7 Å². The topological polar surface area (TPSA) is 78.5 Å². The highest BCUT2D eigenvalue weighted by Crippen LogP contribution is 2.22. The molecule has 6 heteroatoms. The van der Waals surface area contributed by atoms with Crippen LogP contribution in [0.1, 0.15) is 47.7 Å². The van der Waals surface area contributed by atoms with Crippen molar-refractivity contribution in [1.82, 2.24) is 15.5 Å². The van der Waals surface area contributed by atoms with E-state index < -0.39 is 6.04 Å². The molecule has 1 unspecified atom stereocenters. The molecule has 0 spiro atoms. The first kappa shape index (κ1) is 23.5. The van der Waals surface area contributed by atoms with E-state index in [0.717, 1.165) is 17.5 Å². The molecule has 0 aromatic heterocycles. The molecule has 2 aromatic carbocycles. The minimum absolute atomic E-state index is 0.0120. The number of piperidine rings is 1. The summed E-state index contributed by atoms with van der Waals surface area (Å²) in [5, 5.41) is 5.89. The van der Waals surface area contributed by atoms with Gasteiger partial charge >= 0.3 is 0 Å². The molecule has 3 rings (SSSR count). The van der Waals surface area contributed by atoms with Crippen LogP contribution in [0, 0.1) is 12.8 Å². The number of nitrogens with one attached hydrogen (secondary N) is 2. The molecule has 1 aliphatic rings. The molecule has 2 N–H and O–H groups in total. The molecule has 0 aliphatic carbocycles. The third-order valence-electron chi connectivity index (χ3n) is 5.99. The second-order valence-electron chi connectivity index (χ2n) is 8.49. The average Bonchev–Trinajstić information content (AvgIpc) is 2.82. The molecule has 2 aromatic rings. The third-order valence-corrected chi connectivity index (χ3v) is 5.99. The second kappa shape index (κ2) is 11.5. The fraction of sp³-hybridized carbons (Fsp3) is 0.423. The van der Waals surface area contributed by atoms with Gasteiger partial charge in [0, 0.05) is 25.2 Å². The SMILES string of the molecule is CCCNC(=O)C(NC(=O)c1ccc(C)cc1)C1CCN(C(=O)Cc2ccccc2)CC1. The van der Waals surface area contributed by atoms with Crippen molar-refractivity contribution in [3.63, 3.8) is 0 Å². The Morgan fingerprint density at radius 3 is 2.28 bits per heavy atom. The Balaban J connectivity index is 1.62. The molecule has 0 saturated carbocycles. The molecule has 1 aliphatic heterocycles. The van der Waals surface area contributed by atoms with E-state index in [4.69, 9.17) is 0 Å². The van der Waals surface area contributed by atoms with E-state index in [9.17, 15) is 14.4 Å². The summed E-state index contributed by atoms with van der Waals surface area (Å²) in [7, 11) is 0. The quantitative estimate of drug-likeness (QED) is 0.669. The van der Waals surface area contributed by atoms with Crippen LogP contribution in [0.25, 0.3) is 0 Å². The largest absolute Gasteiger partial charge is 0.354 e. The first-order chi connectivity index (χ1) is 15.5. The monoisotopic (exact) mass is 435 g/mol. The predicted molar refractivity (Wildman–Crippen MR) is 125 cm³/mol. The van der Waals surface area contributed by atoms with Gasteiger partial charge in [-0.3, -0.25) is 14.4 Å². The van der Waals surface area contributed by atoms with Crippen LogP contribution in [0.4, 0.5) is 0 Å². The normalized spacial score (nSPS) is 15.1. The second-order valence-corrected chi connectivity index (χ2v) is 8.49. The smallest absolute Gasteiger partial charge is 0.251 e. The molecule has 3 amide bonds. The lowest BCUT2D eigenvalue weighted by atomic mass is 9.88. The maximum absolute atomic E-state index is 12.9. The van der Waals surface area contributed by atoms with Crippen molar-refractivity contribution in [2.45, 2.75) is 45.6 Å². The van der Waals surface area contributed by atoms with E-state index in [2.05, 4.69) is 10.6 Å². The lowest BCUT2D eigenvalue weighted by molar-refractivity contribution is -0.132. The van der Waals surface area contributed by atoms with Crippen LogP contribution in [0.15, 0.2) is 54.6 Å². The van der Waals surface area contributed by atoms with Gasteiger partial charge in [0.05, 0.1) is 6.42 Å². The Kier molecular flexibility index (Phi) is 8.42. The number of carbonyl (C=O) groups is 3. The molecule has 0 bridgehead atoms. The van der Waals surface area contributed by atoms with Crippen LogP contribution in [0.3, 0.4) is 0 Å². The molecule has 32 heavy (non-hydrogen) atoms. The molecule has 170 valence electrons. The molecule has 1 fully saturated rings. The molecule has 0 radical (unpaired) electrons. The predicted octanol–water partition coefficient (Wildman–Crippen LogP) is 3.10. The number of likely N-dealkylation sites (tertiary alicyclic amines) is 1. The van der Waals surface area contributed by atoms with E-state index in [1.807, 2.05) is 61.2 Å². The lowest BCUT2D eigenvalue weighted by Gasteiger charge is -2.36. The zero-order chi connectivity index (χ0) is 22.9. The minimum Gasteiger partial charge on any atom is -0.354 e. The Morgan fingerprint density at radius 1 is 1.00 bits per heavy atom. The number of amides is 3. The maximum Gasteiger partial charge on any atom is 0.251 e. The molecule has 1 saturated heterocycles. The molecular weight excluding hydrogens is 402 g/mol. The number of nitrogens with zero attached hydrogens (tertiary/aromatic N) is 1. The zero-order valence-electron chi connectivity index (χ0n) is 19.0. The number of benzene rings is 2. The third kappa shape index (κ3) is 6.42. The average molecular weight is 436 g/mol. The summed E-state index contributed by atoms with van der Waals surface area (Å²) >= 11 is 0. The fourth-order valence-corrected chi connectivity index (χ4v) is 4.05. The van der Waals surface area contributed by atoms with Gasteiger partial charge in [0.25, 0.3) is 5.91 Å². The molecule has 1 heterocycles. The van der Waals surface area contributed by atoms with Crippen molar-refractivity contribution in [3.8, 4) is 0 Å². The van der Waals surface area contributed by atoms with E-state index >= 15 is 0 Å². The van der Waals surface area contributed by atoms with E-state index in [-0.39, 0.29) is 23.6 Å². The van der Waals surface area contributed by atoms with Gasteiger partial charge in [0.15, 0.2) is 0 Å². The Labute approximate surface area is 190 Å². The highest BCUT2D eigenvalue weighted by Gasteiger charge is 2.33. The zero-order valence-corrected chi connectivity index (χ0v) is 19.0. The Hall–Kier alpha value is -3.15. The van der Waals surface area contributed by atoms with E-state index in [0.29, 0.717) is 44.5 Å². The van der Waals surface area contributed by atoms with Crippen LogP contribution in [-0.2, 0) is 16.0 Å². The van der Waals surface area contributed by atoms with Crippen molar-refractivity contribution < 1.29 is 14.4 Å². The summed E-state index contributed by atoms with van der Waals surface area (Å²) in [4.78, 5) is 40.2. The van der Waals surface area contributed by atoms with Gasteiger partial charge in [-0.25, -0.2) is 0 Å². The van der Waals surface area contributed by atoms with Gasteiger partial charge in [-0.15, -0.1) is 0 Å². The van der Waals surface area contributed by atoms with Gasteiger partial charge in [-0.1, -0.05) is 55.0 Å². The van der Waals surface area contributed by atoms with E-state index in [1.165, 1.54) is 0 Å². The van der Waals surface area contributed by atoms with Crippen LogP contribution < -0.4 is 10.6 Å². The minimum atomic E-state index is -0.610. The molecular formula is C26H33N3O3. The van der Waals surface area contributed by atoms with Crippen molar-refractivity contribution in [1.29, 1.82) is 0 Å². The summed E-state index contributed by atoms with van der Waals surface area (Å²) in [5.41, 5.74) is 2.62. The maximum atomic E-state index is 12.9. The van der Waals surface area contributed by atoms with Gasteiger partial charge in [-0.05, 0) is 49.8 Å². The summed E-state index contributed by atoms with van der Waals surface area (Å²) < 4.78 is 0. The summed E-state index contributed by atoms with van der Waals surface area (Å²) in [6.07, 6.45) is 2.57. The highest BCUT2D eigenvalue weighted by atomic mass is 16.2. The highest BCUT2D eigenvalue weighted by molar-refractivity contribution is 5.97. The van der Waals surface area contributed by atoms with Crippen LogP contribution in [-0.4, -0.2) is 48.3 Å². The van der Waals surface area contributed by atoms with Crippen molar-refractivity contribution in [3.05, 3.63) is 71.3 Å². The summed E-state index contributed by atoms with van der Waals surface area (Å²) in [6, 6.07) is 16.4. The first-order valence-corrected chi connectivity index (χ1v) is 11.4. The van der Waals surface area contributed by atoms with Crippen LogP contribution in [0.2, 0.25) is 0 Å². The number of hydrogen-bond donors (Lipinski definition) is 2. The van der Waals surface area contributed by atoms with E-state index in [1.54, 1.807) is 12.1 Å². The van der Waals surface area contributed by atoms with Crippen molar-refractivity contribution in [2.24, 2.45) is 5.92 Å². The van der Waals surface area contributed by atoms with Gasteiger partial charge < -0.3 is 15.5 Å². The summed E-state index contributed by atoms with van der Waals surface area (Å²) in [6.45, 7) is 5.72. The number of hydrogen-bond acceptors (Lipinski definition) is 3. The van der Waals surface area contributed by atoms with Crippen LogP contribution >= 0.6 is 0 Å². The van der Waals surface area contributed by atoms with Gasteiger partial charge in [0.1, 0.15) is 6.04 Å². The standard InChI is InChI=1S/C26H33N3O3/c1-3-15-27-26(32)24(28-25(31)22-11-9-19(2)10-12-22)21-13-16-29(17-14-21)23(30)18-20-7-5-4-6-8-20/h4-12,21,24H,3,13-18H2,1-2H3,(H,27,32)(H,28,31). The van der Waals surface area contributed by atoms with Gasteiger partial charge in [-0.2, -0.15) is 0 Å². The summed E-state index contributed by atoms with van der Waals surface area (Å²) in [5.74, 6) is -0.307. The number of carbonyl (C=O) groups excluding carboxylic acids is 3. The van der Waals surface area contributed by atoms with Crippen LogP contribution in [0.5, 0.6) is 0 Å². The number of rotatable bonds is 8. The number of aryl methyl sites for hydroxylation is 1. The first-order valence-electron chi connectivity index (χ1n) is 11.4. The molecule has 1 atom stereocenters. The van der Waals surface area contributed by atoms with Gasteiger partial charge in [0.2, 0.25) is 11.8 Å². The Morgan fingerprint density at radius 2 is 1.66 bits per heavy atom. The van der Waals surface area contributed by atoms with Crippen molar-refractivity contribution in [2.75, 3.05) is 19.6 Å². The lowest BCUT2D eigenvalue weighted by Crippen LogP contribution is -2.54. The molecule has 6 nitrogen and oxygen atoms in total. The Bertz CT molecular complexity index is 904. The fourth-order valence-electron chi connectivity index (χ4n) is 4.05.